The van der Waals surface area contributed by atoms with E-state index in [-0.39, 0.29) is 22.6 Å². The molecule has 2 N–H and O–H groups in total. The highest BCUT2D eigenvalue weighted by atomic mass is 79.9. The predicted molar refractivity (Wildman–Crippen MR) is 126 cm³/mol. The third-order valence-electron chi connectivity index (χ3n) is 5.12. The molecule has 4 rings (SSSR count). The van der Waals surface area contributed by atoms with Crippen LogP contribution >= 0.6 is 31.9 Å². The van der Waals surface area contributed by atoms with Crippen LogP contribution in [0.4, 0.5) is 5.69 Å². The summed E-state index contributed by atoms with van der Waals surface area (Å²) in [6, 6.07) is 18.6. The van der Waals surface area contributed by atoms with Gasteiger partial charge in [0, 0.05) is 20.2 Å². The monoisotopic (exact) mass is 555 g/mol. The Kier molecular flexibility index (Phi) is 5.99. The minimum absolute atomic E-state index is 0.0214. The minimum Gasteiger partial charge on any atom is -0.507 e. The molecule has 160 valence electrons. The van der Waals surface area contributed by atoms with Crippen LogP contribution in [0.15, 0.2) is 87.3 Å². The van der Waals surface area contributed by atoms with Crippen LogP contribution in [0.3, 0.4) is 0 Å². The average Bonchev–Trinajstić information content (AvgIpc) is 3.05. The van der Waals surface area contributed by atoms with Crippen molar-refractivity contribution >= 4 is 61.0 Å². The highest BCUT2D eigenvalue weighted by Gasteiger charge is 2.47. The van der Waals surface area contributed by atoms with Gasteiger partial charge in [-0.1, -0.05) is 62.2 Å². The number of amides is 1. The molecule has 1 unspecified atom stereocenters. The van der Waals surface area contributed by atoms with Gasteiger partial charge in [0.2, 0.25) is 0 Å². The smallest absolute Gasteiger partial charge is 0.335 e. The topological polar surface area (TPSA) is 94.9 Å². The van der Waals surface area contributed by atoms with E-state index in [1.807, 2.05) is 0 Å². The zero-order valence-electron chi connectivity index (χ0n) is 16.3. The molecule has 1 heterocycles. The number of carbonyl (C=O) groups is 3. The van der Waals surface area contributed by atoms with Crippen molar-refractivity contribution in [3.63, 3.8) is 0 Å². The van der Waals surface area contributed by atoms with E-state index in [0.717, 1.165) is 8.95 Å². The van der Waals surface area contributed by atoms with E-state index in [1.165, 1.54) is 23.1 Å². The SMILES string of the molecule is O=C1C(=O)N(c2cccc(C(=O)O)c2)C(c2ccc(Br)cc2)C1=C(O)c1ccc(Br)cc1. The maximum absolute atomic E-state index is 13.1. The highest BCUT2D eigenvalue weighted by Crippen LogP contribution is 2.42. The van der Waals surface area contributed by atoms with Crippen molar-refractivity contribution in [3.8, 4) is 0 Å². The third kappa shape index (κ3) is 3.99. The Balaban J connectivity index is 1.94. The molecule has 1 aliphatic heterocycles. The second-order valence-corrected chi connectivity index (χ2v) is 8.91. The maximum atomic E-state index is 13.1. The molecule has 0 bridgehead atoms. The minimum atomic E-state index is -1.15. The van der Waals surface area contributed by atoms with Gasteiger partial charge < -0.3 is 10.2 Å². The summed E-state index contributed by atoms with van der Waals surface area (Å²) in [4.78, 5) is 38.9. The van der Waals surface area contributed by atoms with Crippen LogP contribution in [0, 0.1) is 0 Å². The summed E-state index contributed by atoms with van der Waals surface area (Å²) in [5.41, 5.74) is 1.13. The molecular weight excluding hydrogens is 542 g/mol. The first-order valence-corrected chi connectivity index (χ1v) is 11.0. The fourth-order valence-electron chi connectivity index (χ4n) is 3.61. The van der Waals surface area contributed by atoms with E-state index >= 15 is 0 Å². The number of carboxylic acids is 1. The zero-order chi connectivity index (χ0) is 23.0. The summed E-state index contributed by atoms with van der Waals surface area (Å²) in [6.07, 6.45) is 0. The number of ketones is 1. The van der Waals surface area contributed by atoms with Crippen molar-refractivity contribution in [1.82, 2.24) is 0 Å². The van der Waals surface area contributed by atoms with Gasteiger partial charge in [0.25, 0.3) is 11.7 Å². The number of halogens is 2. The normalized spacial score (nSPS) is 17.6. The molecule has 1 amide bonds. The lowest BCUT2D eigenvalue weighted by Crippen LogP contribution is -2.29. The third-order valence-corrected chi connectivity index (χ3v) is 6.18. The van der Waals surface area contributed by atoms with Gasteiger partial charge in [-0.3, -0.25) is 14.5 Å². The van der Waals surface area contributed by atoms with Crippen molar-refractivity contribution in [2.24, 2.45) is 0 Å². The van der Waals surface area contributed by atoms with E-state index in [4.69, 9.17) is 0 Å². The molecule has 1 aliphatic rings. The number of carbonyl (C=O) groups excluding carboxylic acids is 2. The van der Waals surface area contributed by atoms with Crippen LogP contribution in [-0.2, 0) is 9.59 Å². The number of hydrogen-bond donors (Lipinski definition) is 2. The standard InChI is InChI=1S/C24H15Br2NO5/c25-16-8-4-13(5-9-16)20-19(21(28)14-6-10-17(26)11-7-14)22(29)23(30)27(20)18-3-1-2-15(12-18)24(31)32/h1-12,20,28H,(H,31,32). The number of rotatable bonds is 4. The average molecular weight is 557 g/mol. The molecule has 1 fully saturated rings. The Morgan fingerprint density at radius 3 is 2.00 bits per heavy atom. The molecule has 1 saturated heterocycles. The first-order valence-electron chi connectivity index (χ1n) is 9.43. The van der Waals surface area contributed by atoms with Crippen LogP contribution in [0.2, 0.25) is 0 Å². The van der Waals surface area contributed by atoms with Crippen LogP contribution in [0.1, 0.15) is 27.5 Å². The molecule has 0 spiro atoms. The van der Waals surface area contributed by atoms with Crippen molar-refractivity contribution in [3.05, 3.63) is 104 Å². The lowest BCUT2D eigenvalue weighted by molar-refractivity contribution is -0.132. The van der Waals surface area contributed by atoms with Gasteiger partial charge in [0.05, 0.1) is 17.2 Å². The van der Waals surface area contributed by atoms with Crippen molar-refractivity contribution in [1.29, 1.82) is 0 Å². The Labute approximate surface area is 200 Å². The second kappa shape index (κ2) is 8.72. The molecule has 0 radical (unpaired) electrons. The first kappa shape index (κ1) is 22.0. The number of benzene rings is 3. The van der Waals surface area contributed by atoms with Crippen molar-refractivity contribution < 1.29 is 24.6 Å². The van der Waals surface area contributed by atoms with Gasteiger partial charge in [-0.2, -0.15) is 0 Å². The quantitative estimate of drug-likeness (QED) is 0.250. The molecule has 3 aromatic carbocycles. The van der Waals surface area contributed by atoms with Crippen LogP contribution < -0.4 is 4.90 Å². The second-order valence-electron chi connectivity index (χ2n) is 7.08. The summed E-state index contributed by atoms with van der Waals surface area (Å²) in [5.74, 6) is -3.16. The molecule has 0 saturated carbocycles. The summed E-state index contributed by atoms with van der Waals surface area (Å²) in [5, 5.41) is 20.4. The van der Waals surface area contributed by atoms with Crippen LogP contribution in [0.5, 0.6) is 0 Å². The number of hydrogen-bond acceptors (Lipinski definition) is 4. The van der Waals surface area contributed by atoms with Crippen LogP contribution in [0.25, 0.3) is 5.76 Å². The molecule has 1 atom stereocenters. The van der Waals surface area contributed by atoms with Gasteiger partial charge in [-0.25, -0.2) is 4.79 Å². The van der Waals surface area contributed by atoms with Gasteiger partial charge in [-0.15, -0.1) is 0 Å². The Hall–Kier alpha value is -3.23. The number of aromatic carboxylic acids is 1. The molecule has 32 heavy (non-hydrogen) atoms. The lowest BCUT2D eigenvalue weighted by atomic mass is 9.95. The van der Waals surface area contributed by atoms with Gasteiger partial charge in [0.15, 0.2) is 0 Å². The highest BCUT2D eigenvalue weighted by molar-refractivity contribution is 9.10. The first-order chi connectivity index (χ1) is 15.3. The molecule has 6 nitrogen and oxygen atoms in total. The number of Topliss-reactive ketones (excluding diaryl/α,β-unsaturated/α-hetero) is 1. The number of aliphatic hydroxyl groups is 1. The Bertz CT molecular complexity index is 1270. The number of anilines is 1. The van der Waals surface area contributed by atoms with Gasteiger partial charge in [-0.05, 0) is 48.0 Å². The summed E-state index contributed by atoms with van der Waals surface area (Å²) in [7, 11) is 0. The maximum Gasteiger partial charge on any atom is 0.335 e. The van der Waals surface area contributed by atoms with E-state index in [9.17, 15) is 24.6 Å². The van der Waals surface area contributed by atoms with Crippen molar-refractivity contribution in [2.75, 3.05) is 4.90 Å². The number of aliphatic hydroxyl groups excluding tert-OH is 1. The summed E-state index contributed by atoms with van der Waals surface area (Å²) in [6.45, 7) is 0. The molecule has 0 aliphatic carbocycles. The molecule has 3 aromatic rings. The fourth-order valence-corrected chi connectivity index (χ4v) is 4.14. The van der Waals surface area contributed by atoms with Crippen molar-refractivity contribution in [2.45, 2.75) is 6.04 Å². The molecule has 8 heteroatoms. The van der Waals surface area contributed by atoms with Gasteiger partial charge >= 0.3 is 5.97 Å². The van der Waals surface area contributed by atoms with Crippen LogP contribution in [-0.4, -0.2) is 27.9 Å². The Morgan fingerprint density at radius 2 is 1.41 bits per heavy atom. The lowest BCUT2D eigenvalue weighted by Gasteiger charge is -2.25. The molecular formula is C24H15Br2NO5. The molecule has 0 aromatic heterocycles. The number of carboxylic acid groups (broad SMARTS) is 1. The van der Waals surface area contributed by atoms with E-state index in [1.54, 1.807) is 54.6 Å². The largest absolute Gasteiger partial charge is 0.507 e. The number of nitrogens with zero attached hydrogens (tertiary/aromatic N) is 1. The summed E-state index contributed by atoms with van der Waals surface area (Å²) < 4.78 is 1.60. The van der Waals surface area contributed by atoms with E-state index in [2.05, 4.69) is 31.9 Å². The van der Waals surface area contributed by atoms with E-state index in [0.29, 0.717) is 11.1 Å². The fraction of sp³-hybridized carbons (Fsp3) is 0.0417. The van der Waals surface area contributed by atoms with E-state index < -0.39 is 23.7 Å². The summed E-state index contributed by atoms with van der Waals surface area (Å²) >= 11 is 6.71. The Morgan fingerprint density at radius 1 is 0.812 bits per heavy atom. The predicted octanol–water partition coefficient (Wildman–Crippen LogP) is 5.54. The van der Waals surface area contributed by atoms with Gasteiger partial charge in [0.1, 0.15) is 5.76 Å². The zero-order valence-corrected chi connectivity index (χ0v) is 19.5.